The number of carbonyl (C=O) groups is 1. The van der Waals surface area contributed by atoms with Gasteiger partial charge in [-0.2, -0.15) is 0 Å². The Morgan fingerprint density at radius 3 is 2.63 bits per heavy atom. The van der Waals surface area contributed by atoms with Crippen molar-refractivity contribution >= 4 is 11.8 Å². The number of urea groups is 1. The van der Waals surface area contributed by atoms with Gasteiger partial charge in [0.05, 0.1) is 30.0 Å². The Labute approximate surface area is 220 Å². The minimum Gasteiger partial charge on any atom is -0.474 e. The van der Waals surface area contributed by atoms with Gasteiger partial charge in [-0.05, 0) is 43.7 Å². The molecule has 1 saturated heterocycles. The zero-order chi connectivity index (χ0) is 27.2. The summed E-state index contributed by atoms with van der Waals surface area (Å²) in [6.07, 6.45) is -0.687. The van der Waals surface area contributed by atoms with Crippen LogP contribution in [0.4, 0.5) is 19.4 Å². The number of para-hydroxylation sites is 1. The first kappa shape index (κ1) is 27.5. The van der Waals surface area contributed by atoms with Crippen molar-refractivity contribution in [2.45, 2.75) is 31.9 Å². The van der Waals surface area contributed by atoms with Gasteiger partial charge in [0.15, 0.2) is 11.6 Å². The number of anilines is 1. The van der Waals surface area contributed by atoms with Crippen LogP contribution >= 0.6 is 0 Å². The highest BCUT2D eigenvalue weighted by Crippen LogP contribution is 2.31. The van der Waals surface area contributed by atoms with E-state index < -0.39 is 23.8 Å². The van der Waals surface area contributed by atoms with E-state index in [2.05, 4.69) is 20.6 Å². The number of hydrogen-bond acceptors (Lipinski definition) is 6. The topological polar surface area (TPSA) is 101 Å². The molecule has 2 amide bonds. The summed E-state index contributed by atoms with van der Waals surface area (Å²) < 4.78 is 40.0. The minimum absolute atomic E-state index is 0.0492. The molecule has 0 bridgehead atoms. The van der Waals surface area contributed by atoms with Crippen molar-refractivity contribution in [2.75, 3.05) is 45.3 Å². The maximum atomic E-state index is 14.0. The van der Waals surface area contributed by atoms with E-state index in [0.29, 0.717) is 48.9 Å². The van der Waals surface area contributed by atoms with Gasteiger partial charge in [-0.3, -0.25) is 10.2 Å². The number of benzene rings is 2. The summed E-state index contributed by atoms with van der Waals surface area (Å²) in [7, 11) is 1.61. The van der Waals surface area contributed by atoms with Crippen LogP contribution in [0.5, 0.6) is 5.88 Å². The minimum atomic E-state index is -0.923. The number of aliphatic hydroxyl groups is 1. The van der Waals surface area contributed by atoms with Gasteiger partial charge in [0.2, 0.25) is 5.88 Å². The number of nitrogens with zero attached hydrogens (tertiary/aromatic N) is 3. The first-order valence-corrected chi connectivity index (χ1v) is 12.5. The maximum Gasteiger partial charge on any atom is 0.320 e. The Bertz CT molecular complexity index is 1240. The fourth-order valence-corrected chi connectivity index (χ4v) is 4.54. The molecule has 3 aromatic rings. The average molecular weight is 530 g/mol. The number of amides is 2. The first-order chi connectivity index (χ1) is 18.3. The normalized spacial score (nSPS) is 18.4. The van der Waals surface area contributed by atoms with E-state index in [1.807, 2.05) is 30.3 Å². The van der Waals surface area contributed by atoms with Gasteiger partial charge >= 0.3 is 6.03 Å². The number of hydrogen-bond donors (Lipinski definition) is 3. The SMILES string of the molecule is COCCN1C[C@H](NC(=O)Nc2c(C)c(OC[C@H](C)O)nn2-c2ccccc2)[C@H](c2ccc(F)c(F)c2)C1. The molecular weight excluding hydrogens is 496 g/mol. The summed E-state index contributed by atoms with van der Waals surface area (Å²) in [6, 6.07) is 12.3. The molecule has 2 heterocycles. The lowest BCUT2D eigenvalue weighted by Gasteiger charge is -2.21. The van der Waals surface area contributed by atoms with E-state index in [0.717, 1.165) is 6.07 Å². The van der Waals surface area contributed by atoms with E-state index in [4.69, 9.17) is 9.47 Å². The van der Waals surface area contributed by atoms with Crippen molar-refractivity contribution < 1.29 is 28.2 Å². The van der Waals surface area contributed by atoms with Crippen molar-refractivity contribution in [3.8, 4) is 11.6 Å². The van der Waals surface area contributed by atoms with Gasteiger partial charge in [0.1, 0.15) is 12.4 Å². The zero-order valence-corrected chi connectivity index (χ0v) is 21.7. The average Bonchev–Trinajstić information content (AvgIpc) is 3.44. The van der Waals surface area contributed by atoms with Crippen LogP contribution in [0.25, 0.3) is 5.69 Å². The van der Waals surface area contributed by atoms with Crippen molar-refractivity contribution in [3.05, 3.63) is 71.3 Å². The van der Waals surface area contributed by atoms with Crippen LogP contribution in [-0.4, -0.2) is 77.9 Å². The van der Waals surface area contributed by atoms with Crippen LogP contribution in [0.2, 0.25) is 0 Å². The quantitative estimate of drug-likeness (QED) is 0.372. The monoisotopic (exact) mass is 529 g/mol. The lowest BCUT2D eigenvalue weighted by atomic mass is 9.94. The molecule has 11 heteroatoms. The number of aromatic nitrogens is 2. The van der Waals surface area contributed by atoms with E-state index in [1.165, 1.54) is 6.07 Å². The molecule has 1 fully saturated rings. The standard InChI is InChI=1S/C27H33F2N5O4/c1-17(35)16-38-26-18(2)25(34(32-26)20-7-5-4-6-8-20)31-27(36)30-24-15-33(11-12-37-3)14-21(24)19-9-10-22(28)23(29)13-19/h4-10,13,17,21,24,35H,11-12,14-16H2,1-3H3,(H2,30,31,36)/t17-,21-,24-/m0/s1. The molecule has 0 unspecified atom stereocenters. The van der Waals surface area contributed by atoms with E-state index in [-0.39, 0.29) is 24.4 Å². The second kappa shape index (κ2) is 12.3. The fourth-order valence-electron chi connectivity index (χ4n) is 4.54. The largest absolute Gasteiger partial charge is 0.474 e. The van der Waals surface area contributed by atoms with Gasteiger partial charge in [-0.25, -0.2) is 18.3 Å². The van der Waals surface area contributed by atoms with Crippen molar-refractivity contribution in [1.29, 1.82) is 0 Å². The van der Waals surface area contributed by atoms with Crippen molar-refractivity contribution in [2.24, 2.45) is 0 Å². The molecule has 2 aromatic carbocycles. The Balaban J connectivity index is 1.56. The summed E-state index contributed by atoms with van der Waals surface area (Å²) in [5.41, 5.74) is 1.91. The van der Waals surface area contributed by atoms with Crippen LogP contribution < -0.4 is 15.4 Å². The van der Waals surface area contributed by atoms with Crippen LogP contribution in [0.1, 0.15) is 24.0 Å². The third-order valence-electron chi connectivity index (χ3n) is 6.47. The van der Waals surface area contributed by atoms with Crippen molar-refractivity contribution in [3.63, 3.8) is 0 Å². The van der Waals surface area contributed by atoms with Crippen molar-refractivity contribution in [1.82, 2.24) is 20.0 Å². The molecule has 3 N–H and O–H groups in total. The number of likely N-dealkylation sites (tertiary alicyclic amines) is 1. The predicted octanol–water partition coefficient (Wildman–Crippen LogP) is 3.45. The molecule has 1 aliphatic heterocycles. The molecule has 4 rings (SSSR count). The van der Waals surface area contributed by atoms with Gasteiger partial charge in [0.25, 0.3) is 0 Å². The van der Waals surface area contributed by atoms with Gasteiger partial charge in [-0.1, -0.05) is 24.3 Å². The van der Waals surface area contributed by atoms with Gasteiger partial charge < -0.3 is 19.9 Å². The number of methoxy groups -OCH3 is 1. The predicted molar refractivity (Wildman–Crippen MR) is 139 cm³/mol. The van der Waals surface area contributed by atoms with E-state index in [9.17, 15) is 18.7 Å². The summed E-state index contributed by atoms with van der Waals surface area (Å²) >= 11 is 0. The third-order valence-corrected chi connectivity index (χ3v) is 6.47. The lowest BCUT2D eigenvalue weighted by molar-refractivity contribution is 0.119. The number of carbonyl (C=O) groups excluding carboxylic acids is 1. The summed E-state index contributed by atoms with van der Waals surface area (Å²) in [6.45, 7) is 5.64. The molecule has 1 aromatic heterocycles. The number of nitrogens with one attached hydrogen (secondary N) is 2. The molecule has 0 spiro atoms. The second-order valence-electron chi connectivity index (χ2n) is 9.42. The maximum absolute atomic E-state index is 14.0. The Hall–Kier alpha value is -3.54. The van der Waals surface area contributed by atoms with E-state index >= 15 is 0 Å². The molecule has 0 radical (unpaired) electrons. The molecule has 0 aliphatic carbocycles. The third kappa shape index (κ3) is 6.47. The van der Waals surface area contributed by atoms with E-state index in [1.54, 1.807) is 31.7 Å². The van der Waals surface area contributed by atoms with Crippen LogP contribution in [0, 0.1) is 18.6 Å². The highest BCUT2D eigenvalue weighted by Gasteiger charge is 2.35. The number of ether oxygens (including phenoxy) is 2. The lowest BCUT2D eigenvalue weighted by Crippen LogP contribution is -2.42. The summed E-state index contributed by atoms with van der Waals surface area (Å²) in [4.78, 5) is 15.4. The summed E-state index contributed by atoms with van der Waals surface area (Å²) in [5, 5.41) is 20.0. The Morgan fingerprint density at radius 2 is 1.95 bits per heavy atom. The number of aliphatic hydroxyl groups excluding tert-OH is 1. The second-order valence-corrected chi connectivity index (χ2v) is 9.42. The fraction of sp³-hybridized carbons (Fsp3) is 0.407. The van der Waals surface area contributed by atoms with Gasteiger partial charge in [-0.15, -0.1) is 5.10 Å². The molecular formula is C27H33F2N5O4. The molecule has 204 valence electrons. The number of halogens is 2. The Kier molecular flexibility index (Phi) is 8.93. The molecule has 0 saturated carbocycles. The molecule has 38 heavy (non-hydrogen) atoms. The van der Waals surface area contributed by atoms with Crippen LogP contribution in [-0.2, 0) is 4.74 Å². The number of rotatable bonds is 10. The zero-order valence-electron chi connectivity index (χ0n) is 21.7. The highest BCUT2D eigenvalue weighted by atomic mass is 19.2. The highest BCUT2D eigenvalue weighted by molar-refractivity contribution is 5.90. The molecule has 3 atom stereocenters. The first-order valence-electron chi connectivity index (χ1n) is 12.5. The summed E-state index contributed by atoms with van der Waals surface area (Å²) in [5.74, 6) is -1.39. The molecule has 9 nitrogen and oxygen atoms in total. The van der Waals surface area contributed by atoms with Gasteiger partial charge in [0, 0.05) is 32.7 Å². The van der Waals surface area contributed by atoms with Crippen LogP contribution in [0.15, 0.2) is 48.5 Å². The Morgan fingerprint density at radius 1 is 1.18 bits per heavy atom. The van der Waals surface area contributed by atoms with Crippen LogP contribution in [0.3, 0.4) is 0 Å². The molecule has 1 aliphatic rings. The smallest absolute Gasteiger partial charge is 0.320 e.